The van der Waals surface area contributed by atoms with Crippen LogP contribution in [0.5, 0.6) is 5.75 Å². The maximum absolute atomic E-state index is 12.3. The highest BCUT2D eigenvalue weighted by Crippen LogP contribution is 2.20. The molecule has 0 atom stereocenters. The largest absolute Gasteiger partial charge is 0.497 e. The van der Waals surface area contributed by atoms with Crippen molar-refractivity contribution in [2.75, 3.05) is 57.5 Å². The lowest BCUT2D eigenvalue weighted by Crippen LogP contribution is -2.47. The summed E-state index contributed by atoms with van der Waals surface area (Å²) in [4.78, 5) is 17.2. The number of benzene rings is 2. The second kappa shape index (κ2) is 11.1. The molecule has 0 radical (unpaired) electrons. The van der Waals surface area contributed by atoms with Crippen LogP contribution in [-0.2, 0) is 5.75 Å². The van der Waals surface area contributed by atoms with Gasteiger partial charge in [-0.05, 0) is 61.2 Å². The smallest absolute Gasteiger partial charge is 0.251 e. The van der Waals surface area contributed by atoms with E-state index >= 15 is 0 Å². The Balaban J connectivity index is 1.33. The lowest BCUT2D eigenvalue weighted by atomic mass is 10.1. The van der Waals surface area contributed by atoms with E-state index < -0.39 is 0 Å². The first kappa shape index (κ1) is 21.5. The predicted octanol–water partition coefficient (Wildman–Crippen LogP) is 3.50. The summed E-state index contributed by atoms with van der Waals surface area (Å²) >= 11 is 1.79. The monoisotopic (exact) mass is 413 g/mol. The summed E-state index contributed by atoms with van der Waals surface area (Å²) in [7, 11) is 1.69. The molecule has 156 valence electrons. The SMILES string of the molecule is COc1ccc(N2CCN(CCCNC(=O)c3ccc(CSC)cc3)CC2)cc1. The summed E-state index contributed by atoms with van der Waals surface area (Å²) in [6.45, 7) is 5.89. The summed E-state index contributed by atoms with van der Waals surface area (Å²) in [5, 5.41) is 3.04. The van der Waals surface area contributed by atoms with E-state index in [1.807, 2.05) is 36.4 Å². The van der Waals surface area contributed by atoms with E-state index in [-0.39, 0.29) is 5.91 Å². The van der Waals surface area contributed by atoms with Crippen LogP contribution in [0.3, 0.4) is 0 Å². The molecule has 1 aliphatic heterocycles. The molecule has 5 nitrogen and oxygen atoms in total. The third-order valence-electron chi connectivity index (χ3n) is 5.27. The molecule has 0 unspecified atom stereocenters. The molecule has 0 saturated carbocycles. The molecular formula is C23H31N3O2S. The minimum atomic E-state index is 0.0185. The molecule has 2 aromatic carbocycles. The first-order chi connectivity index (χ1) is 14.2. The molecule has 6 heteroatoms. The molecule has 1 aliphatic rings. The van der Waals surface area contributed by atoms with Gasteiger partial charge in [0.25, 0.3) is 5.91 Å². The van der Waals surface area contributed by atoms with Crippen molar-refractivity contribution in [3.8, 4) is 5.75 Å². The van der Waals surface area contributed by atoms with Gasteiger partial charge in [-0.3, -0.25) is 9.69 Å². The Kier molecular flexibility index (Phi) is 8.25. The summed E-state index contributed by atoms with van der Waals surface area (Å²) in [5.41, 5.74) is 3.24. The van der Waals surface area contributed by atoms with E-state index in [4.69, 9.17) is 4.74 Å². The van der Waals surface area contributed by atoms with Crippen molar-refractivity contribution >= 4 is 23.4 Å². The molecule has 3 rings (SSSR count). The highest BCUT2D eigenvalue weighted by molar-refractivity contribution is 7.97. The van der Waals surface area contributed by atoms with Gasteiger partial charge in [-0.25, -0.2) is 0 Å². The highest BCUT2D eigenvalue weighted by Gasteiger charge is 2.17. The zero-order valence-electron chi connectivity index (χ0n) is 17.4. The van der Waals surface area contributed by atoms with E-state index in [2.05, 4.69) is 33.5 Å². The first-order valence-corrected chi connectivity index (χ1v) is 11.6. The van der Waals surface area contributed by atoms with Crippen molar-refractivity contribution in [1.29, 1.82) is 0 Å². The normalized spacial score (nSPS) is 14.6. The van der Waals surface area contributed by atoms with Gasteiger partial charge < -0.3 is 15.0 Å². The maximum Gasteiger partial charge on any atom is 0.251 e. The van der Waals surface area contributed by atoms with Gasteiger partial charge in [0.05, 0.1) is 7.11 Å². The fourth-order valence-electron chi connectivity index (χ4n) is 3.55. The minimum absolute atomic E-state index is 0.0185. The van der Waals surface area contributed by atoms with E-state index in [9.17, 15) is 4.79 Å². The molecule has 1 amide bonds. The molecule has 0 aromatic heterocycles. The molecule has 0 spiro atoms. The van der Waals surface area contributed by atoms with Gasteiger partial charge in [0.15, 0.2) is 0 Å². The zero-order valence-corrected chi connectivity index (χ0v) is 18.2. The number of nitrogens with one attached hydrogen (secondary N) is 1. The number of hydrogen-bond donors (Lipinski definition) is 1. The van der Waals surface area contributed by atoms with E-state index in [1.165, 1.54) is 11.3 Å². The second-order valence-corrected chi connectivity index (χ2v) is 8.13. The number of nitrogens with zero attached hydrogens (tertiary/aromatic N) is 2. The molecule has 0 aliphatic carbocycles. The van der Waals surface area contributed by atoms with Gasteiger partial charge in [0, 0.05) is 49.7 Å². The average molecular weight is 414 g/mol. The Labute approximate surface area is 178 Å². The van der Waals surface area contributed by atoms with Crippen LogP contribution in [0, 0.1) is 0 Å². The fourth-order valence-corrected chi connectivity index (χ4v) is 4.07. The second-order valence-electron chi connectivity index (χ2n) is 7.27. The average Bonchev–Trinajstić information content (AvgIpc) is 2.78. The number of carbonyl (C=O) groups is 1. The van der Waals surface area contributed by atoms with Crippen LogP contribution in [-0.4, -0.2) is 63.4 Å². The van der Waals surface area contributed by atoms with Gasteiger partial charge in [0.2, 0.25) is 0 Å². The van der Waals surface area contributed by atoms with Crippen LogP contribution in [0.1, 0.15) is 22.3 Å². The van der Waals surface area contributed by atoms with Gasteiger partial charge in [-0.15, -0.1) is 0 Å². The lowest BCUT2D eigenvalue weighted by Gasteiger charge is -2.36. The van der Waals surface area contributed by atoms with Crippen LogP contribution in [0.25, 0.3) is 0 Å². The Bertz CT molecular complexity index is 757. The topological polar surface area (TPSA) is 44.8 Å². The third-order valence-corrected chi connectivity index (χ3v) is 5.90. The van der Waals surface area contributed by atoms with Gasteiger partial charge >= 0.3 is 0 Å². The van der Waals surface area contributed by atoms with Crippen LogP contribution < -0.4 is 15.0 Å². The third kappa shape index (κ3) is 6.41. The molecule has 29 heavy (non-hydrogen) atoms. The molecule has 1 saturated heterocycles. The van der Waals surface area contributed by atoms with Crippen LogP contribution >= 0.6 is 11.8 Å². The number of ether oxygens (including phenoxy) is 1. The van der Waals surface area contributed by atoms with Crippen molar-refractivity contribution in [3.63, 3.8) is 0 Å². The fraction of sp³-hybridized carbons (Fsp3) is 0.435. The number of amides is 1. The van der Waals surface area contributed by atoms with Gasteiger partial charge in [-0.1, -0.05) is 12.1 Å². The minimum Gasteiger partial charge on any atom is -0.497 e. The van der Waals surface area contributed by atoms with Crippen LogP contribution in [0.4, 0.5) is 5.69 Å². The summed E-state index contributed by atoms with van der Waals surface area (Å²) in [6, 6.07) is 16.2. The van der Waals surface area contributed by atoms with Crippen LogP contribution in [0.2, 0.25) is 0 Å². The molecular weight excluding hydrogens is 382 g/mol. The van der Waals surface area contributed by atoms with Crippen molar-refractivity contribution in [2.24, 2.45) is 0 Å². The lowest BCUT2D eigenvalue weighted by molar-refractivity contribution is 0.0951. The number of thioether (sulfide) groups is 1. The van der Waals surface area contributed by atoms with Crippen molar-refractivity contribution in [3.05, 3.63) is 59.7 Å². The molecule has 1 N–H and O–H groups in total. The molecule has 1 fully saturated rings. The number of methoxy groups -OCH3 is 1. The summed E-state index contributed by atoms with van der Waals surface area (Å²) in [6.07, 6.45) is 3.05. The number of hydrogen-bond acceptors (Lipinski definition) is 5. The van der Waals surface area contributed by atoms with E-state index in [0.717, 1.165) is 56.2 Å². The number of rotatable bonds is 9. The summed E-state index contributed by atoms with van der Waals surface area (Å²) < 4.78 is 5.23. The Morgan fingerprint density at radius 1 is 1.03 bits per heavy atom. The van der Waals surface area contributed by atoms with Crippen molar-refractivity contribution in [2.45, 2.75) is 12.2 Å². The Morgan fingerprint density at radius 3 is 2.34 bits per heavy atom. The Hall–Kier alpha value is -2.18. The van der Waals surface area contributed by atoms with Gasteiger partial charge in [0.1, 0.15) is 5.75 Å². The number of anilines is 1. The number of carbonyl (C=O) groups excluding carboxylic acids is 1. The quantitative estimate of drug-likeness (QED) is 0.638. The zero-order chi connectivity index (χ0) is 20.5. The highest BCUT2D eigenvalue weighted by atomic mass is 32.2. The predicted molar refractivity (Wildman–Crippen MR) is 122 cm³/mol. The standard InChI is InChI=1S/C23H31N3O2S/c1-28-22-10-8-21(9-11-22)26-16-14-25(15-17-26)13-3-12-24-23(27)20-6-4-19(5-7-20)18-29-2/h4-11H,3,12-18H2,1-2H3,(H,24,27). The van der Waals surface area contributed by atoms with E-state index in [1.54, 1.807) is 18.9 Å². The maximum atomic E-state index is 12.3. The van der Waals surface area contributed by atoms with E-state index in [0.29, 0.717) is 6.54 Å². The van der Waals surface area contributed by atoms with Crippen molar-refractivity contribution in [1.82, 2.24) is 10.2 Å². The molecule has 2 aromatic rings. The molecule has 1 heterocycles. The Morgan fingerprint density at radius 2 is 1.72 bits per heavy atom. The van der Waals surface area contributed by atoms with Gasteiger partial charge in [-0.2, -0.15) is 11.8 Å². The first-order valence-electron chi connectivity index (χ1n) is 10.2. The van der Waals surface area contributed by atoms with Crippen LogP contribution in [0.15, 0.2) is 48.5 Å². The summed E-state index contributed by atoms with van der Waals surface area (Å²) in [5.74, 6) is 1.89. The number of piperazine rings is 1. The molecule has 0 bridgehead atoms. The van der Waals surface area contributed by atoms with Crippen molar-refractivity contribution < 1.29 is 9.53 Å².